The van der Waals surface area contributed by atoms with Gasteiger partial charge in [0.2, 0.25) is 11.8 Å². The third-order valence-corrected chi connectivity index (χ3v) is 6.84. The SMILES string of the molecule is CC(C#N)N(CC1C(=O)Nc2cc(C(F)(F)F)ccc21)C(=O)C(CC(C)(C)F)NC(=O)c1cc2c(F)cc(F)cc2[nH]1. The summed E-state index contributed by atoms with van der Waals surface area (Å²) in [6.07, 6.45) is -5.23. The Morgan fingerprint density at radius 3 is 2.43 bits per heavy atom. The molecule has 0 bridgehead atoms. The Balaban J connectivity index is 1.64. The lowest BCUT2D eigenvalue weighted by atomic mass is 9.96. The standard InChI is InChI=1S/C28H25F6N5O3/c1-13(11-35)39(12-18-16-5-4-14(28(32,33)34)6-20(16)37-24(18)40)26(42)23(10-27(2,3)31)38-25(41)22-9-17-19(30)7-15(29)8-21(17)36-22/h4-9,13,18,23,36H,10,12H2,1-3H3,(H,37,40)(H,38,41). The Hall–Kier alpha value is -4.54. The third kappa shape index (κ3) is 6.35. The van der Waals surface area contributed by atoms with Crippen LogP contribution in [-0.2, 0) is 15.8 Å². The number of carbonyl (C=O) groups is 3. The average molecular weight is 594 g/mol. The number of H-pyrrole nitrogens is 1. The van der Waals surface area contributed by atoms with Crippen LogP contribution in [0.5, 0.6) is 0 Å². The first-order valence-corrected chi connectivity index (χ1v) is 12.7. The van der Waals surface area contributed by atoms with Crippen molar-refractivity contribution in [3.8, 4) is 6.07 Å². The highest BCUT2D eigenvalue weighted by Gasteiger charge is 2.40. The van der Waals surface area contributed by atoms with Gasteiger partial charge in [-0.15, -0.1) is 0 Å². The minimum absolute atomic E-state index is 0.0364. The molecule has 3 aromatic rings. The molecule has 2 heterocycles. The fraction of sp³-hybridized carbons (Fsp3) is 0.357. The molecule has 0 aliphatic carbocycles. The molecule has 0 fully saturated rings. The molecule has 1 aromatic heterocycles. The number of nitrogens with one attached hydrogen (secondary N) is 3. The Labute approximate surface area is 235 Å². The molecular weight excluding hydrogens is 568 g/mol. The van der Waals surface area contributed by atoms with E-state index in [-0.39, 0.29) is 27.8 Å². The van der Waals surface area contributed by atoms with Gasteiger partial charge in [0.05, 0.1) is 23.1 Å². The zero-order valence-electron chi connectivity index (χ0n) is 22.5. The van der Waals surface area contributed by atoms with E-state index < -0.39 is 77.7 Å². The molecule has 3 unspecified atom stereocenters. The van der Waals surface area contributed by atoms with Crippen LogP contribution in [-0.4, -0.2) is 51.9 Å². The smallest absolute Gasteiger partial charge is 0.350 e. The predicted molar refractivity (Wildman–Crippen MR) is 139 cm³/mol. The van der Waals surface area contributed by atoms with Crippen LogP contribution in [0.4, 0.5) is 32.0 Å². The number of halogens is 6. The van der Waals surface area contributed by atoms with Gasteiger partial charge in [-0.3, -0.25) is 14.4 Å². The summed E-state index contributed by atoms with van der Waals surface area (Å²) in [4.78, 5) is 43.1. The molecule has 0 spiro atoms. The van der Waals surface area contributed by atoms with E-state index in [1.807, 2.05) is 6.07 Å². The summed E-state index contributed by atoms with van der Waals surface area (Å²) < 4.78 is 82.1. The lowest BCUT2D eigenvalue weighted by Crippen LogP contribution is -2.54. The van der Waals surface area contributed by atoms with Crippen LogP contribution in [0, 0.1) is 23.0 Å². The van der Waals surface area contributed by atoms with E-state index in [0.29, 0.717) is 6.07 Å². The van der Waals surface area contributed by atoms with Crippen molar-refractivity contribution in [2.24, 2.45) is 0 Å². The highest BCUT2D eigenvalue weighted by atomic mass is 19.4. The number of amides is 3. The van der Waals surface area contributed by atoms with Crippen molar-refractivity contribution in [2.75, 3.05) is 11.9 Å². The number of rotatable bonds is 8. The summed E-state index contributed by atoms with van der Waals surface area (Å²) in [6, 6.07) is 4.39. The fourth-order valence-electron chi connectivity index (χ4n) is 4.80. The largest absolute Gasteiger partial charge is 0.416 e. The number of hydrogen-bond donors (Lipinski definition) is 3. The number of hydrogen-bond acceptors (Lipinski definition) is 4. The van der Waals surface area contributed by atoms with Gasteiger partial charge in [0, 0.05) is 30.1 Å². The number of nitriles is 1. The van der Waals surface area contributed by atoms with Crippen LogP contribution in [0.3, 0.4) is 0 Å². The molecule has 14 heteroatoms. The van der Waals surface area contributed by atoms with Gasteiger partial charge in [0.25, 0.3) is 5.91 Å². The van der Waals surface area contributed by atoms with E-state index in [4.69, 9.17) is 0 Å². The molecule has 2 aromatic carbocycles. The van der Waals surface area contributed by atoms with Crippen LogP contribution in [0.1, 0.15) is 54.7 Å². The molecule has 8 nitrogen and oxygen atoms in total. The highest BCUT2D eigenvalue weighted by molar-refractivity contribution is 6.04. The van der Waals surface area contributed by atoms with E-state index in [1.165, 1.54) is 6.92 Å². The summed E-state index contributed by atoms with van der Waals surface area (Å²) in [7, 11) is 0. The van der Waals surface area contributed by atoms with E-state index in [1.54, 1.807) is 0 Å². The van der Waals surface area contributed by atoms with Crippen molar-refractivity contribution in [3.05, 3.63) is 64.9 Å². The Kier molecular flexibility index (Phi) is 7.99. The van der Waals surface area contributed by atoms with Gasteiger partial charge in [-0.25, -0.2) is 13.2 Å². The molecule has 3 N–H and O–H groups in total. The first-order chi connectivity index (χ1) is 19.5. The Bertz CT molecular complexity index is 1600. The third-order valence-electron chi connectivity index (χ3n) is 6.84. The summed E-state index contributed by atoms with van der Waals surface area (Å²) in [5.74, 6) is -5.61. The number of carbonyl (C=O) groups excluding carboxylic acids is 3. The maximum Gasteiger partial charge on any atom is 0.416 e. The Morgan fingerprint density at radius 2 is 1.81 bits per heavy atom. The number of aromatic nitrogens is 1. The molecule has 0 radical (unpaired) electrons. The first-order valence-electron chi connectivity index (χ1n) is 12.7. The van der Waals surface area contributed by atoms with Crippen molar-refractivity contribution in [3.63, 3.8) is 0 Å². The summed E-state index contributed by atoms with van der Waals surface area (Å²) >= 11 is 0. The van der Waals surface area contributed by atoms with Gasteiger partial charge in [-0.2, -0.15) is 18.4 Å². The summed E-state index contributed by atoms with van der Waals surface area (Å²) in [6.45, 7) is 3.16. The maximum atomic E-state index is 14.8. The van der Waals surface area contributed by atoms with Gasteiger partial charge >= 0.3 is 6.18 Å². The van der Waals surface area contributed by atoms with Gasteiger partial charge in [0.1, 0.15) is 35.1 Å². The number of nitrogens with zero attached hydrogens (tertiary/aromatic N) is 2. The van der Waals surface area contributed by atoms with Crippen molar-refractivity contribution in [1.29, 1.82) is 5.26 Å². The molecule has 42 heavy (non-hydrogen) atoms. The van der Waals surface area contributed by atoms with Gasteiger partial charge < -0.3 is 20.5 Å². The maximum absolute atomic E-state index is 14.8. The van der Waals surface area contributed by atoms with Gasteiger partial charge in [-0.05, 0) is 50.6 Å². The van der Waals surface area contributed by atoms with Crippen molar-refractivity contribution in [1.82, 2.24) is 15.2 Å². The second kappa shape index (κ2) is 11.0. The molecular formula is C28H25F6N5O3. The summed E-state index contributed by atoms with van der Waals surface area (Å²) in [5, 5.41) is 14.2. The summed E-state index contributed by atoms with van der Waals surface area (Å²) in [5.41, 5.74) is -3.24. The molecule has 3 atom stereocenters. The van der Waals surface area contributed by atoms with Crippen LogP contribution >= 0.6 is 0 Å². The average Bonchev–Trinajstić information content (AvgIpc) is 3.45. The van der Waals surface area contributed by atoms with Gasteiger partial charge in [0.15, 0.2) is 0 Å². The van der Waals surface area contributed by atoms with Gasteiger partial charge in [-0.1, -0.05) is 6.07 Å². The second-order valence-electron chi connectivity index (χ2n) is 10.6. The topological polar surface area (TPSA) is 118 Å². The molecule has 4 rings (SSSR count). The second-order valence-corrected chi connectivity index (χ2v) is 10.6. The quantitative estimate of drug-likeness (QED) is 0.312. The van der Waals surface area contributed by atoms with E-state index in [2.05, 4.69) is 15.6 Å². The normalized spacial score (nSPS) is 16.4. The van der Waals surface area contributed by atoms with Crippen molar-refractivity contribution < 1.29 is 40.7 Å². The lowest BCUT2D eigenvalue weighted by Gasteiger charge is -2.32. The molecule has 3 amide bonds. The van der Waals surface area contributed by atoms with E-state index in [9.17, 15) is 46.0 Å². The number of alkyl halides is 4. The lowest BCUT2D eigenvalue weighted by molar-refractivity contribution is -0.137. The van der Waals surface area contributed by atoms with Crippen LogP contribution in [0.15, 0.2) is 36.4 Å². The number of benzene rings is 2. The van der Waals surface area contributed by atoms with Crippen LogP contribution in [0.2, 0.25) is 0 Å². The Morgan fingerprint density at radius 1 is 1.12 bits per heavy atom. The molecule has 1 aliphatic heterocycles. The number of anilines is 1. The molecule has 0 saturated heterocycles. The molecule has 222 valence electrons. The number of fused-ring (bicyclic) bond motifs is 2. The van der Waals surface area contributed by atoms with Crippen molar-refractivity contribution in [2.45, 2.75) is 57.0 Å². The first kappa shape index (κ1) is 30.4. The number of aromatic amines is 1. The molecule has 0 saturated carbocycles. The zero-order valence-corrected chi connectivity index (χ0v) is 22.5. The van der Waals surface area contributed by atoms with Crippen LogP contribution < -0.4 is 10.6 Å². The van der Waals surface area contributed by atoms with Crippen LogP contribution in [0.25, 0.3) is 10.9 Å². The van der Waals surface area contributed by atoms with Crippen molar-refractivity contribution >= 4 is 34.3 Å². The highest BCUT2D eigenvalue weighted by Crippen LogP contribution is 2.38. The monoisotopic (exact) mass is 593 g/mol. The predicted octanol–water partition coefficient (Wildman–Crippen LogP) is 5.18. The van der Waals surface area contributed by atoms with E-state index >= 15 is 0 Å². The zero-order chi connectivity index (χ0) is 31.1. The minimum atomic E-state index is -4.66. The fourth-order valence-corrected chi connectivity index (χ4v) is 4.80. The minimum Gasteiger partial charge on any atom is -0.350 e. The molecule has 1 aliphatic rings. The van der Waals surface area contributed by atoms with E-state index in [0.717, 1.165) is 49.1 Å².